The molecule has 5 N–H and O–H groups in total. The van der Waals surface area contributed by atoms with E-state index in [0.29, 0.717) is 5.69 Å². The van der Waals surface area contributed by atoms with Crippen molar-refractivity contribution >= 4 is 29.6 Å². The van der Waals surface area contributed by atoms with E-state index in [1.807, 2.05) is 5.32 Å². The first-order valence-electron chi connectivity index (χ1n) is 8.55. The fourth-order valence-corrected chi connectivity index (χ4v) is 2.21. The molecule has 0 fully saturated rings. The molecule has 0 radical (unpaired) electrons. The number of carbonyl (C=O) groups is 4. The topological polar surface area (TPSA) is 140 Å². The van der Waals surface area contributed by atoms with Crippen molar-refractivity contribution in [3.8, 4) is 0 Å². The minimum atomic E-state index is -1.22. The van der Waals surface area contributed by atoms with Gasteiger partial charge in [0, 0.05) is 5.69 Å². The maximum absolute atomic E-state index is 12.5. The number of nitrogens with two attached hydrogens (primary N) is 1. The standard InChI is InChI=1S/C18H26N4O5/c1-10(2)13(21-18(26)20-12-8-6-5-7-9-12)16(24)27-14(11(3)4)15(23)22-17(19)25/h5-11,13-14H,1-4H3,(H2,20,21,26)(H3,19,22,23,25)/t13-,14+/m0/s1. The predicted octanol–water partition coefficient (Wildman–Crippen LogP) is 1.60. The van der Waals surface area contributed by atoms with E-state index in [-0.39, 0.29) is 5.92 Å². The zero-order valence-corrected chi connectivity index (χ0v) is 15.8. The summed E-state index contributed by atoms with van der Waals surface area (Å²) in [7, 11) is 0. The van der Waals surface area contributed by atoms with Crippen LogP contribution in [0.2, 0.25) is 0 Å². The highest BCUT2D eigenvalue weighted by Gasteiger charge is 2.33. The first kappa shape index (κ1) is 21.9. The Morgan fingerprint density at radius 2 is 1.56 bits per heavy atom. The number of rotatable bonds is 7. The third kappa shape index (κ3) is 7.35. The number of ether oxygens (including phenoxy) is 1. The molecule has 0 aliphatic heterocycles. The third-order valence-electron chi connectivity index (χ3n) is 3.59. The first-order chi connectivity index (χ1) is 12.6. The van der Waals surface area contributed by atoms with Gasteiger partial charge >= 0.3 is 18.0 Å². The SMILES string of the molecule is CC(C)[C@H](NC(=O)Nc1ccccc1)C(=O)O[C@@H](C(=O)NC(N)=O)C(C)C. The number of primary amides is 1. The first-order valence-corrected chi connectivity index (χ1v) is 8.55. The van der Waals surface area contributed by atoms with Gasteiger partial charge in [0.05, 0.1) is 0 Å². The summed E-state index contributed by atoms with van der Waals surface area (Å²) in [6, 6.07) is 6.11. The van der Waals surface area contributed by atoms with Crippen molar-refractivity contribution < 1.29 is 23.9 Å². The van der Waals surface area contributed by atoms with Crippen LogP contribution in [-0.4, -0.2) is 36.1 Å². The number of hydrogen-bond acceptors (Lipinski definition) is 5. The van der Waals surface area contributed by atoms with Crippen LogP contribution in [0.3, 0.4) is 0 Å². The molecule has 1 aromatic carbocycles. The highest BCUT2D eigenvalue weighted by Crippen LogP contribution is 2.12. The maximum atomic E-state index is 12.5. The van der Waals surface area contributed by atoms with E-state index >= 15 is 0 Å². The van der Waals surface area contributed by atoms with E-state index in [1.54, 1.807) is 58.0 Å². The van der Waals surface area contributed by atoms with Crippen molar-refractivity contribution in [3.05, 3.63) is 30.3 Å². The van der Waals surface area contributed by atoms with Gasteiger partial charge in [-0.3, -0.25) is 10.1 Å². The Balaban J connectivity index is 2.79. The van der Waals surface area contributed by atoms with Gasteiger partial charge < -0.3 is 21.1 Å². The Hall–Kier alpha value is -3.10. The van der Waals surface area contributed by atoms with Crippen molar-refractivity contribution in [2.45, 2.75) is 39.8 Å². The lowest BCUT2D eigenvalue weighted by Crippen LogP contribution is -2.51. The molecule has 0 aliphatic rings. The molecule has 148 valence electrons. The van der Waals surface area contributed by atoms with Crippen LogP contribution in [0.15, 0.2) is 30.3 Å². The van der Waals surface area contributed by atoms with Crippen LogP contribution in [0.1, 0.15) is 27.7 Å². The molecular formula is C18H26N4O5. The number of nitrogens with one attached hydrogen (secondary N) is 3. The van der Waals surface area contributed by atoms with Gasteiger partial charge in [0.15, 0.2) is 6.10 Å². The quantitative estimate of drug-likeness (QED) is 0.534. The van der Waals surface area contributed by atoms with Crippen molar-refractivity contribution in [1.29, 1.82) is 0 Å². The van der Waals surface area contributed by atoms with Crippen LogP contribution in [0.25, 0.3) is 0 Å². The zero-order chi connectivity index (χ0) is 20.6. The van der Waals surface area contributed by atoms with Crippen LogP contribution in [0.5, 0.6) is 0 Å². The monoisotopic (exact) mass is 378 g/mol. The fraction of sp³-hybridized carbons (Fsp3) is 0.444. The molecule has 2 atom stereocenters. The predicted molar refractivity (Wildman–Crippen MR) is 99.7 cm³/mol. The van der Waals surface area contributed by atoms with Gasteiger partial charge in [-0.2, -0.15) is 0 Å². The number of anilines is 1. The number of benzene rings is 1. The van der Waals surface area contributed by atoms with Crippen molar-refractivity contribution in [2.24, 2.45) is 17.6 Å². The Labute approximate surface area is 158 Å². The molecule has 0 aromatic heterocycles. The molecule has 0 saturated carbocycles. The molecule has 9 heteroatoms. The Morgan fingerprint density at radius 3 is 2.04 bits per heavy atom. The summed E-state index contributed by atoms with van der Waals surface area (Å²) in [5.74, 6) is -2.31. The van der Waals surface area contributed by atoms with E-state index in [1.165, 1.54) is 0 Å². The molecule has 0 aliphatic carbocycles. The zero-order valence-electron chi connectivity index (χ0n) is 15.8. The minimum absolute atomic E-state index is 0.300. The van der Waals surface area contributed by atoms with Gasteiger partial charge in [0.25, 0.3) is 5.91 Å². The maximum Gasteiger partial charge on any atom is 0.329 e. The fourth-order valence-electron chi connectivity index (χ4n) is 2.21. The number of amides is 5. The largest absolute Gasteiger partial charge is 0.450 e. The summed E-state index contributed by atoms with van der Waals surface area (Å²) in [5, 5.41) is 7.04. The average Bonchev–Trinajstić information content (AvgIpc) is 2.56. The number of para-hydroxylation sites is 1. The number of urea groups is 2. The number of imide groups is 1. The molecule has 9 nitrogen and oxygen atoms in total. The van der Waals surface area contributed by atoms with Crippen LogP contribution in [-0.2, 0) is 14.3 Å². The van der Waals surface area contributed by atoms with Gasteiger partial charge in [0.2, 0.25) is 0 Å². The lowest BCUT2D eigenvalue weighted by Gasteiger charge is -2.25. The summed E-state index contributed by atoms with van der Waals surface area (Å²) in [6.07, 6.45) is -1.22. The summed E-state index contributed by atoms with van der Waals surface area (Å²) in [4.78, 5) is 47.5. The van der Waals surface area contributed by atoms with Gasteiger partial charge in [-0.1, -0.05) is 45.9 Å². The Kier molecular flexibility index (Phi) is 8.25. The van der Waals surface area contributed by atoms with Crippen LogP contribution < -0.4 is 21.7 Å². The molecule has 1 rings (SSSR count). The highest BCUT2D eigenvalue weighted by molar-refractivity contribution is 5.97. The summed E-state index contributed by atoms with van der Waals surface area (Å²) >= 11 is 0. The summed E-state index contributed by atoms with van der Waals surface area (Å²) in [6.45, 7) is 6.75. The normalized spacial score (nSPS) is 12.8. The van der Waals surface area contributed by atoms with E-state index < -0.39 is 42.0 Å². The Morgan fingerprint density at radius 1 is 0.963 bits per heavy atom. The van der Waals surface area contributed by atoms with E-state index in [2.05, 4.69) is 10.6 Å². The van der Waals surface area contributed by atoms with Gasteiger partial charge in [-0.25, -0.2) is 14.4 Å². The third-order valence-corrected chi connectivity index (χ3v) is 3.59. The van der Waals surface area contributed by atoms with Crippen molar-refractivity contribution in [1.82, 2.24) is 10.6 Å². The van der Waals surface area contributed by atoms with Crippen molar-refractivity contribution in [2.75, 3.05) is 5.32 Å². The molecule has 0 spiro atoms. The van der Waals surface area contributed by atoms with Gasteiger partial charge in [-0.05, 0) is 24.0 Å². The van der Waals surface area contributed by atoms with Crippen LogP contribution >= 0.6 is 0 Å². The van der Waals surface area contributed by atoms with E-state index in [4.69, 9.17) is 10.5 Å². The second-order valence-electron chi connectivity index (χ2n) is 6.64. The molecule has 1 aromatic rings. The highest BCUT2D eigenvalue weighted by atomic mass is 16.6. The number of esters is 1. The number of hydrogen-bond donors (Lipinski definition) is 4. The Bertz CT molecular complexity index is 676. The lowest BCUT2D eigenvalue weighted by molar-refractivity contribution is -0.161. The van der Waals surface area contributed by atoms with Crippen LogP contribution in [0, 0.1) is 11.8 Å². The van der Waals surface area contributed by atoms with Crippen molar-refractivity contribution in [3.63, 3.8) is 0 Å². The molecule has 5 amide bonds. The summed E-state index contributed by atoms with van der Waals surface area (Å²) in [5.41, 5.74) is 5.49. The van der Waals surface area contributed by atoms with E-state index in [9.17, 15) is 19.2 Å². The molecule has 27 heavy (non-hydrogen) atoms. The smallest absolute Gasteiger partial charge is 0.329 e. The molecule has 0 bridgehead atoms. The lowest BCUT2D eigenvalue weighted by atomic mass is 10.0. The van der Waals surface area contributed by atoms with Crippen LogP contribution in [0.4, 0.5) is 15.3 Å². The van der Waals surface area contributed by atoms with Gasteiger partial charge in [0.1, 0.15) is 6.04 Å². The van der Waals surface area contributed by atoms with Gasteiger partial charge in [-0.15, -0.1) is 0 Å². The second-order valence-corrected chi connectivity index (χ2v) is 6.64. The van der Waals surface area contributed by atoms with E-state index in [0.717, 1.165) is 0 Å². The molecule has 0 unspecified atom stereocenters. The molecular weight excluding hydrogens is 352 g/mol. The average molecular weight is 378 g/mol. The molecule has 0 saturated heterocycles. The summed E-state index contributed by atoms with van der Waals surface area (Å²) < 4.78 is 5.25. The molecule has 0 heterocycles. The minimum Gasteiger partial charge on any atom is -0.450 e. The second kappa shape index (κ2) is 10.1. The number of carbonyl (C=O) groups excluding carboxylic acids is 4.